The second-order valence-corrected chi connectivity index (χ2v) is 4.78. The summed E-state index contributed by atoms with van der Waals surface area (Å²) < 4.78 is 6.45. The van der Waals surface area contributed by atoms with Gasteiger partial charge in [-0.2, -0.15) is 0 Å². The third kappa shape index (κ3) is 6.61. The van der Waals surface area contributed by atoms with E-state index in [1.54, 1.807) is 0 Å². The fourth-order valence-electron chi connectivity index (χ4n) is 1.40. The summed E-state index contributed by atoms with van der Waals surface area (Å²) in [5.74, 6) is 0.799. The zero-order valence-corrected chi connectivity index (χ0v) is 12.1. The predicted octanol–water partition coefficient (Wildman–Crippen LogP) is 1.94. The molecule has 100 valence electrons. The molecule has 0 radical (unpaired) electrons. The highest BCUT2D eigenvalue weighted by atomic mass is 79.9. The van der Waals surface area contributed by atoms with E-state index in [0.717, 1.165) is 23.2 Å². The standard InChI is InChI=1S/C13H19BrN2O2/c1-15-7-3-8-16-13(17)6-9-18-12-5-2-4-11(14)10-12/h2,4-5,10,15H,3,6-9H2,1H3,(H,16,17). The lowest BCUT2D eigenvalue weighted by molar-refractivity contribution is -0.121. The Hall–Kier alpha value is -1.07. The number of carbonyl (C=O) groups excluding carboxylic acids is 1. The van der Waals surface area contributed by atoms with E-state index in [1.165, 1.54) is 0 Å². The van der Waals surface area contributed by atoms with Gasteiger partial charge in [0.25, 0.3) is 0 Å². The molecule has 0 unspecified atom stereocenters. The number of nitrogens with one attached hydrogen (secondary N) is 2. The maximum atomic E-state index is 11.4. The van der Waals surface area contributed by atoms with Crippen LogP contribution in [-0.4, -0.2) is 32.7 Å². The molecule has 1 rings (SSSR count). The summed E-state index contributed by atoms with van der Waals surface area (Å²) in [6.07, 6.45) is 1.32. The second-order valence-electron chi connectivity index (χ2n) is 3.86. The molecule has 0 aromatic heterocycles. The van der Waals surface area contributed by atoms with Gasteiger partial charge in [-0.15, -0.1) is 0 Å². The summed E-state index contributed by atoms with van der Waals surface area (Å²) in [5.41, 5.74) is 0. The summed E-state index contributed by atoms with van der Waals surface area (Å²) in [6.45, 7) is 2.01. The smallest absolute Gasteiger partial charge is 0.223 e. The van der Waals surface area contributed by atoms with Gasteiger partial charge in [-0.25, -0.2) is 0 Å². The van der Waals surface area contributed by atoms with Crippen molar-refractivity contribution in [2.45, 2.75) is 12.8 Å². The minimum absolute atomic E-state index is 0.0288. The maximum absolute atomic E-state index is 11.4. The molecular weight excluding hydrogens is 296 g/mol. The number of amides is 1. The van der Waals surface area contributed by atoms with E-state index >= 15 is 0 Å². The summed E-state index contributed by atoms with van der Waals surface area (Å²) >= 11 is 3.37. The highest BCUT2D eigenvalue weighted by molar-refractivity contribution is 9.10. The third-order valence-corrected chi connectivity index (χ3v) is 2.81. The van der Waals surface area contributed by atoms with Gasteiger partial charge < -0.3 is 15.4 Å². The quantitative estimate of drug-likeness (QED) is 0.721. The number of benzene rings is 1. The number of carbonyl (C=O) groups is 1. The van der Waals surface area contributed by atoms with E-state index in [4.69, 9.17) is 4.74 Å². The largest absolute Gasteiger partial charge is 0.493 e. The Bertz CT molecular complexity index is 372. The van der Waals surface area contributed by atoms with Crippen LogP contribution in [0.15, 0.2) is 28.7 Å². The average Bonchev–Trinajstić information content (AvgIpc) is 2.35. The molecule has 1 aromatic rings. The van der Waals surface area contributed by atoms with E-state index in [0.29, 0.717) is 19.6 Å². The first-order valence-electron chi connectivity index (χ1n) is 6.02. The van der Waals surface area contributed by atoms with Crippen molar-refractivity contribution in [1.29, 1.82) is 0 Å². The molecular formula is C13H19BrN2O2. The van der Waals surface area contributed by atoms with E-state index in [1.807, 2.05) is 31.3 Å². The van der Waals surface area contributed by atoms with Gasteiger partial charge in [-0.1, -0.05) is 22.0 Å². The van der Waals surface area contributed by atoms with Gasteiger partial charge in [0.15, 0.2) is 0 Å². The van der Waals surface area contributed by atoms with Crippen LogP contribution in [-0.2, 0) is 4.79 Å². The van der Waals surface area contributed by atoms with Gasteiger partial charge in [0.2, 0.25) is 5.91 Å². The Morgan fingerprint density at radius 2 is 2.22 bits per heavy atom. The lowest BCUT2D eigenvalue weighted by atomic mass is 10.3. The molecule has 18 heavy (non-hydrogen) atoms. The molecule has 0 saturated heterocycles. The number of rotatable bonds is 8. The zero-order valence-electron chi connectivity index (χ0n) is 10.5. The van der Waals surface area contributed by atoms with Crippen LogP contribution in [0.5, 0.6) is 5.75 Å². The van der Waals surface area contributed by atoms with Gasteiger partial charge >= 0.3 is 0 Å². The van der Waals surface area contributed by atoms with Crippen LogP contribution in [0.1, 0.15) is 12.8 Å². The van der Waals surface area contributed by atoms with Crippen molar-refractivity contribution < 1.29 is 9.53 Å². The molecule has 0 saturated carbocycles. The van der Waals surface area contributed by atoms with Crippen LogP contribution in [0.4, 0.5) is 0 Å². The monoisotopic (exact) mass is 314 g/mol. The van der Waals surface area contributed by atoms with Crippen LogP contribution >= 0.6 is 15.9 Å². The molecule has 0 atom stereocenters. The zero-order chi connectivity index (χ0) is 13.2. The third-order valence-electron chi connectivity index (χ3n) is 2.32. The molecule has 0 bridgehead atoms. The first-order valence-corrected chi connectivity index (χ1v) is 6.81. The van der Waals surface area contributed by atoms with Crippen molar-refractivity contribution in [1.82, 2.24) is 10.6 Å². The highest BCUT2D eigenvalue weighted by Gasteiger charge is 2.01. The highest BCUT2D eigenvalue weighted by Crippen LogP contribution is 2.17. The Kier molecular flexibility index (Phi) is 7.44. The van der Waals surface area contributed by atoms with Crippen LogP contribution in [0.2, 0.25) is 0 Å². The molecule has 1 amide bonds. The van der Waals surface area contributed by atoms with Crippen LogP contribution < -0.4 is 15.4 Å². The molecule has 0 aliphatic rings. The van der Waals surface area contributed by atoms with Crippen LogP contribution in [0.3, 0.4) is 0 Å². The van der Waals surface area contributed by atoms with Gasteiger partial charge in [0, 0.05) is 11.0 Å². The number of halogens is 1. The maximum Gasteiger partial charge on any atom is 0.223 e. The summed E-state index contributed by atoms with van der Waals surface area (Å²) in [4.78, 5) is 11.4. The van der Waals surface area contributed by atoms with Crippen LogP contribution in [0.25, 0.3) is 0 Å². The topological polar surface area (TPSA) is 50.4 Å². The van der Waals surface area contributed by atoms with E-state index in [2.05, 4.69) is 26.6 Å². The first kappa shape index (κ1) is 15.0. The Balaban J connectivity index is 2.12. The fourth-order valence-corrected chi connectivity index (χ4v) is 1.78. The molecule has 0 fully saturated rings. The number of hydrogen-bond donors (Lipinski definition) is 2. The van der Waals surface area contributed by atoms with Crippen LogP contribution in [0, 0.1) is 0 Å². The Labute approximate surface area is 116 Å². The van der Waals surface area contributed by atoms with E-state index in [-0.39, 0.29) is 5.91 Å². The molecule has 0 spiro atoms. The van der Waals surface area contributed by atoms with Crippen molar-refractivity contribution in [2.24, 2.45) is 0 Å². The minimum atomic E-state index is 0.0288. The first-order chi connectivity index (χ1) is 8.72. The fraction of sp³-hybridized carbons (Fsp3) is 0.462. The summed E-state index contributed by atoms with van der Waals surface area (Å²) in [7, 11) is 1.90. The number of ether oxygens (including phenoxy) is 1. The lowest BCUT2D eigenvalue weighted by Gasteiger charge is -2.07. The normalized spacial score (nSPS) is 10.1. The molecule has 2 N–H and O–H groups in total. The van der Waals surface area contributed by atoms with Crippen molar-refractivity contribution in [3.8, 4) is 5.75 Å². The summed E-state index contributed by atoms with van der Waals surface area (Å²) in [6, 6.07) is 7.58. The van der Waals surface area contributed by atoms with Crippen molar-refractivity contribution >= 4 is 21.8 Å². The van der Waals surface area contributed by atoms with Crippen molar-refractivity contribution in [3.63, 3.8) is 0 Å². The van der Waals surface area contributed by atoms with Crippen molar-refractivity contribution in [2.75, 3.05) is 26.7 Å². The molecule has 1 aromatic carbocycles. The molecule has 0 aliphatic heterocycles. The molecule has 5 heteroatoms. The average molecular weight is 315 g/mol. The summed E-state index contributed by atoms with van der Waals surface area (Å²) in [5, 5.41) is 5.88. The number of hydrogen-bond acceptors (Lipinski definition) is 3. The van der Waals surface area contributed by atoms with E-state index in [9.17, 15) is 4.79 Å². The minimum Gasteiger partial charge on any atom is -0.493 e. The molecule has 0 aliphatic carbocycles. The van der Waals surface area contributed by atoms with Gasteiger partial charge in [0.05, 0.1) is 13.0 Å². The molecule has 0 heterocycles. The Morgan fingerprint density at radius 1 is 1.39 bits per heavy atom. The predicted molar refractivity (Wildman–Crippen MR) is 75.8 cm³/mol. The SMILES string of the molecule is CNCCCNC(=O)CCOc1cccc(Br)c1. The van der Waals surface area contributed by atoms with Gasteiger partial charge in [-0.3, -0.25) is 4.79 Å². The second kappa shape index (κ2) is 8.94. The molecule has 4 nitrogen and oxygen atoms in total. The Morgan fingerprint density at radius 3 is 2.94 bits per heavy atom. The van der Waals surface area contributed by atoms with E-state index < -0.39 is 0 Å². The lowest BCUT2D eigenvalue weighted by Crippen LogP contribution is -2.27. The van der Waals surface area contributed by atoms with Gasteiger partial charge in [-0.05, 0) is 38.2 Å². The van der Waals surface area contributed by atoms with Crippen molar-refractivity contribution in [3.05, 3.63) is 28.7 Å². The van der Waals surface area contributed by atoms with Gasteiger partial charge in [0.1, 0.15) is 5.75 Å².